The number of rotatable bonds is 16. The van der Waals surface area contributed by atoms with Crippen molar-refractivity contribution in [2.24, 2.45) is 11.8 Å². The Balaban J connectivity index is 2.18. The maximum atomic E-state index is 13.5. The third kappa shape index (κ3) is 11.7. The van der Waals surface area contributed by atoms with Crippen LogP contribution in [0.15, 0.2) is 30.3 Å². The SMILES string of the molecule is COC(C)[C@H](NC(=O)OCc1ccccc1)C(=O)N[C@@H](CC(C)C)C(=O)N[C@@H](C[C@@H]1CCNC1=O)C(=O)C(=O)NC(C)C. The Labute approximate surface area is 252 Å². The quantitative estimate of drug-likeness (QED) is 0.173. The van der Waals surface area contributed by atoms with Crippen LogP contribution >= 0.6 is 0 Å². The van der Waals surface area contributed by atoms with Crippen LogP contribution in [-0.2, 0) is 40.1 Å². The largest absolute Gasteiger partial charge is 0.445 e. The van der Waals surface area contributed by atoms with E-state index in [1.165, 1.54) is 7.11 Å². The number of carbonyl (C=O) groups is 6. The van der Waals surface area contributed by atoms with Gasteiger partial charge in [0.1, 0.15) is 18.7 Å². The number of hydrogen-bond donors (Lipinski definition) is 5. The number of methoxy groups -OCH3 is 1. The summed E-state index contributed by atoms with van der Waals surface area (Å²) in [6, 6.07) is 5.07. The molecule has 238 valence electrons. The monoisotopic (exact) mass is 603 g/mol. The third-order valence-electron chi connectivity index (χ3n) is 6.91. The Hall–Kier alpha value is -4.00. The molecule has 1 unspecified atom stereocenters. The molecule has 1 saturated heterocycles. The fourth-order valence-electron chi connectivity index (χ4n) is 4.54. The van der Waals surface area contributed by atoms with Crippen molar-refractivity contribution in [1.82, 2.24) is 26.6 Å². The van der Waals surface area contributed by atoms with E-state index < -0.39 is 59.7 Å². The van der Waals surface area contributed by atoms with Gasteiger partial charge in [-0.15, -0.1) is 0 Å². The van der Waals surface area contributed by atoms with E-state index in [-0.39, 0.29) is 37.3 Å². The lowest BCUT2D eigenvalue weighted by Gasteiger charge is -2.28. The van der Waals surface area contributed by atoms with E-state index in [9.17, 15) is 28.8 Å². The summed E-state index contributed by atoms with van der Waals surface area (Å²) in [7, 11) is 1.37. The molecular weight excluding hydrogens is 558 g/mol. The molecule has 5 N–H and O–H groups in total. The first-order chi connectivity index (χ1) is 20.3. The number of ketones is 1. The van der Waals surface area contributed by atoms with Crippen LogP contribution in [0.5, 0.6) is 0 Å². The van der Waals surface area contributed by atoms with Crippen LogP contribution in [0.1, 0.15) is 59.4 Å². The lowest BCUT2D eigenvalue weighted by Crippen LogP contribution is -2.59. The Morgan fingerprint density at radius 2 is 1.56 bits per heavy atom. The maximum absolute atomic E-state index is 13.5. The first-order valence-electron chi connectivity index (χ1n) is 14.6. The molecule has 1 fully saturated rings. The molecule has 1 aromatic carbocycles. The molecular formula is C30H45N5O8. The molecule has 5 amide bonds. The zero-order valence-corrected chi connectivity index (χ0v) is 25.7. The minimum absolute atomic E-state index is 0.0143. The van der Waals surface area contributed by atoms with Crippen molar-refractivity contribution < 1.29 is 38.2 Å². The normalized spacial score (nSPS) is 17.3. The molecule has 13 heteroatoms. The van der Waals surface area contributed by atoms with E-state index in [1.54, 1.807) is 45.0 Å². The van der Waals surface area contributed by atoms with Crippen LogP contribution in [0.25, 0.3) is 0 Å². The molecule has 5 atom stereocenters. The zero-order chi connectivity index (χ0) is 32.1. The van der Waals surface area contributed by atoms with Gasteiger partial charge in [0.05, 0.1) is 12.1 Å². The molecule has 43 heavy (non-hydrogen) atoms. The predicted molar refractivity (Wildman–Crippen MR) is 157 cm³/mol. The van der Waals surface area contributed by atoms with Gasteiger partial charge in [-0.2, -0.15) is 0 Å². The van der Waals surface area contributed by atoms with E-state index in [1.807, 2.05) is 19.9 Å². The number of benzene rings is 1. The minimum Gasteiger partial charge on any atom is -0.445 e. The smallest absolute Gasteiger partial charge is 0.408 e. The fourth-order valence-corrected chi connectivity index (χ4v) is 4.54. The van der Waals surface area contributed by atoms with Gasteiger partial charge in [-0.1, -0.05) is 44.2 Å². The second-order valence-corrected chi connectivity index (χ2v) is 11.4. The highest BCUT2D eigenvalue weighted by molar-refractivity contribution is 6.38. The average molecular weight is 604 g/mol. The molecule has 0 saturated carbocycles. The van der Waals surface area contributed by atoms with Gasteiger partial charge in [0.25, 0.3) is 5.91 Å². The van der Waals surface area contributed by atoms with Crippen molar-refractivity contribution in [3.8, 4) is 0 Å². The second-order valence-electron chi connectivity index (χ2n) is 11.4. The summed E-state index contributed by atoms with van der Waals surface area (Å²) in [5, 5.41) is 13.0. The summed E-state index contributed by atoms with van der Waals surface area (Å²) in [5.41, 5.74) is 0.758. The fraction of sp³-hybridized carbons (Fsp3) is 0.600. The summed E-state index contributed by atoms with van der Waals surface area (Å²) in [6.07, 6.45) is -1.06. The van der Waals surface area contributed by atoms with Crippen molar-refractivity contribution >= 4 is 35.5 Å². The number of nitrogens with one attached hydrogen (secondary N) is 5. The zero-order valence-electron chi connectivity index (χ0n) is 25.7. The highest BCUT2D eigenvalue weighted by Gasteiger charge is 2.37. The molecule has 1 heterocycles. The van der Waals surface area contributed by atoms with E-state index >= 15 is 0 Å². The van der Waals surface area contributed by atoms with Gasteiger partial charge in [0.2, 0.25) is 23.5 Å². The number of carbonyl (C=O) groups excluding carboxylic acids is 6. The van der Waals surface area contributed by atoms with Gasteiger partial charge in [0.15, 0.2) is 0 Å². The summed E-state index contributed by atoms with van der Waals surface area (Å²) in [6.45, 7) is 9.08. The number of ether oxygens (including phenoxy) is 2. The van der Waals surface area contributed by atoms with Crippen LogP contribution in [0.4, 0.5) is 4.79 Å². The summed E-state index contributed by atoms with van der Waals surface area (Å²) >= 11 is 0. The van der Waals surface area contributed by atoms with Gasteiger partial charge in [-0.25, -0.2) is 4.79 Å². The second kappa shape index (κ2) is 17.2. The van der Waals surface area contributed by atoms with E-state index in [4.69, 9.17) is 9.47 Å². The summed E-state index contributed by atoms with van der Waals surface area (Å²) in [4.78, 5) is 77.3. The van der Waals surface area contributed by atoms with Crippen molar-refractivity contribution in [3.05, 3.63) is 35.9 Å². The van der Waals surface area contributed by atoms with Crippen molar-refractivity contribution in [2.75, 3.05) is 13.7 Å². The molecule has 0 aromatic heterocycles. The Morgan fingerprint density at radius 3 is 2.12 bits per heavy atom. The molecule has 0 aliphatic carbocycles. The first-order valence-corrected chi connectivity index (χ1v) is 14.6. The van der Waals surface area contributed by atoms with Crippen LogP contribution in [0.2, 0.25) is 0 Å². The molecule has 1 aliphatic rings. The molecule has 2 rings (SSSR count). The number of amides is 5. The maximum Gasteiger partial charge on any atom is 0.408 e. The topological polar surface area (TPSA) is 181 Å². The molecule has 0 bridgehead atoms. The third-order valence-corrected chi connectivity index (χ3v) is 6.91. The number of Topliss-reactive ketones (excluding diaryl/α,β-unsaturated/α-hetero) is 1. The van der Waals surface area contributed by atoms with Crippen LogP contribution < -0.4 is 26.6 Å². The Morgan fingerprint density at radius 1 is 0.907 bits per heavy atom. The molecule has 1 aliphatic heterocycles. The van der Waals surface area contributed by atoms with E-state index in [0.717, 1.165) is 5.56 Å². The lowest BCUT2D eigenvalue weighted by molar-refractivity contribution is -0.141. The standard InChI is InChI=1S/C30H45N5O8/c1-17(2)14-23(27(38)33-22(15-21-12-13-31-26(21)37)25(36)29(40)32-18(3)4)34-28(39)24(19(5)42-6)35-30(41)43-16-20-10-8-7-9-11-20/h7-11,17-19,21-24H,12-16H2,1-6H3,(H,31,37)(H,32,40)(H,33,38)(H,34,39)(H,35,41)/t19?,21-,22-,23-,24-/m0/s1. The lowest BCUT2D eigenvalue weighted by atomic mass is 9.94. The van der Waals surface area contributed by atoms with Gasteiger partial charge in [0, 0.05) is 25.6 Å². The highest BCUT2D eigenvalue weighted by Crippen LogP contribution is 2.17. The van der Waals surface area contributed by atoms with Crippen molar-refractivity contribution in [3.63, 3.8) is 0 Å². The predicted octanol–water partition coefficient (Wildman–Crippen LogP) is 0.952. The van der Waals surface area contributed by atoms with Crippen LogP contribution in [0, 0.1) is 11.8 Å². The summed E-state index contributed by atoms with van der Waals surface area (Å²) in [5.74, 6) is -4.05. The van der Waals surface area contributed by atoms with Crippen LogP contribution in [0.3, 0.4) is 0 Å². The minimum atomic E-state index is -1.29. The average Bonchev–Trinajstić information content (AvgIpc) is 3.36. The first kappa shape index (κ1) is 35.2. The molecule has 0 spiro atoms. The Bertz CT molecular complexity index is 1130. The summed E-state index contributed by atoms with van der Waals surface area (Å²) < 4.78 is 10.5. The van der Waals surface area contributed by atoms with Gasteiger partial charge in [-0.05, 0) is 51.5 Å². The molecule has 1 aromatic rings. The van der Waals surface area contributed by atoms with Gasteiger partial charge >= 0.3 is 6.09 Å². The number of alkyl carbamates (subject to hydrolysis) is 1. The van der Waals surface area contributed by atoms with E-state index in [0.29, 0.717) is 13.0 Å². The Kier molecular flexibility index (Phi) is 14.1. The number of hydrogen-bond acceptors (Lipinski definition) is 8. The highest BCUT2D eigenvalue weighted by atomic mass is 16.5. The molecule has 13 nitrogen and oxygen atoms in total. The van der Waals surface area contributed by atoms with Crippen molar-refractivity contribution in [1.29, 1.82) is 0 Å². The van der Waals surface area contributed by atoms with Crippen LogP contribution in [-0.4, -0.2) is 79.4 Å². The van der Waals surface area contributed by atoms with E-state index in [2.05, 4.69) is 26.6 Å². The molecule has 0 radical (unpaired) electrons. The van der Waals surface area contributed by atoms with Crippen molar-refractivity contribution in [2.45, 2.75) is 90.8 Å². The van der Waals surface area contributed by atoms with Gasteiger partial charge < -0.3 is 36.1 Å². The van der Waals surface area contributed by atoms with Gasteiger partial charge in [-0.3, -0.25) is 24.0 Å².